The highest BCUT2D eigenvalue weighted by Gasteiger charge is 2.28. The summed E-state index contributed by atoms with van der Waals surface area (Å²) in [6.45, 7) is 5.34. The van der Waals surface area contributed by atoms with Crippen molar-refractivity contribution in [2.45, 2.75) is 32.8 Å². The summed E-state index contributed by atoms with van der Waals surface area (Å²) in [6.07, 6.45) is 1.74. The first-order chi connectivity index (χ1) is 9.04. The Kier molecular flexibility index (Phi) is 4.04. The van der Waals surface area contributed by atoms with Gasteiger partial charge in [0.15, 0.2) is 0 Å². The van der Waals surface area contributed by atoms with Crippen LogP contribution in [0.15, 0.2) is 0 Å². The molecule has 1 saturated heterocycles. The predicted molar refractivity (Wildman–Crippen MR) is 71.3 cm³/mol. The van der Waals surface area contributed by atoms with Gasteiger partial charge in [-0.3, -0.25) is 10.1 Å². The van der Waals surface area contributed by atoms with Crippen LogP contribution in [0.1, 0.15) is 26.0 Å². The molecule has 0 spiro atoms. The van der Waals surface area contributed by atoms with E-state index in [-0.39, 0.29) is 16.7 Å². The second-order valence-electron chi connectivity index (χ2n) is 4.88. The lowest BCUT2D eigenvalue weighted by Gasteiger charge is -2.15. The molecule has 0 amide bonds. The minimum absolute atomic E-state index is 0.0940. The summed E-state index contributed by atoms with van der Waals surface area (Å²) in [7, 11) is 1.73. The molecule has 2 atom stereocenters. The summed E-state index contributed by atoms with van der Waals surface area (Å²) in [4.78, 5) is 10.8. The van der Waals surface area contributed by atoms with Gasteiger partial charge in [0.1, 0.15) is 5.69 Å². The number of aromatic nitrogens is 2. The second kappa shape index (κ2) is 5.56. The first-order valence-corrected chi connectivity index (χ1v) is 6.60. The number of nitrogens with zero attached hydrogens (tertiary/aromatic N) is 3. The summed E-state index contributed by atoms with van der Waals surface area (Å²) >= 11 is 0. The first kappa shape index (κ1) is 13.8. The summed E-state index contributed by atoms with van der Waals surface area (Å²) in [5, 5.41) is 18.5. The highest BCUT2D eigenvalue weighted by atomic mass is 16.6. The van der Waals surface area contributed by atoms with Crippen LogP contribution in [0.5, 0.6) is 0 Å². The number of anilines is 1. The molecule has 1 fully saturated rings. The van der Waals surface area contributed by atoms with E-state index in [0.717, 1.165) is 13.0 Å². The molecule has 2 rings (SSSR count). The Morgan fingerprint density at radius 3 is 2.89 bits per heavy atom. The zero-order valence-corrected chi connectivity index (χ0v) is 11.5. The minimum atomic E-state index is -0.358. The quantitative estimate of drug-likeness (QED) is 0.649. The standard InChI is InChI=1S/C12H20N4O3/c1-4-10-11(16(17)18)12(15(3)14-10)13-7-9-5-6-19-8(9)2/h8-9,13H,4-7H2,1-3H3. The Balaban J connectivity index is 2.15. The van der Waals surface area contributed by atoms with E-state index >= 15 is 0 Å². The number of hydrogen-bond donors (Lipinski definition) is 1. The minimum Gasteiger partial charge on any atom is -0.378 e. The zero-order chi connectivity index (χ0) is 14.0. The maximum Gasteiger partial charge on any atom is 0.333 e. The van der Waals surface area contributed by atoms with Crippen LogP contribution in [0.3, 0.4) is 0 Å². The molecule has 0 bridgehead atoms. The maximum atomic E-state index is 11.2. The van der Waals surface area contributed by atoms with Crippen LogP contribution in [-0.2, 0) is 18.2 Å². The van der Waals surface area contributed by atoms with Gasteiger partial charge in [-0.25, -0.2) is 4.68 Å². The Morgan fingerprint density at radius 1 is 1.63 bits per heavy atom. The summed E-state index contributed by atoms with van der Waals surface area (Å²) in [5.41, 5.74) is 0.613. The summed E-state index contributed by atoms with van der Waals surface area (Å²) < 4.78 is 7.04. The van der Waals surface area contributed by atoms with E-state index in [1.165, 1.54) is 0 Å². The van der Waals surface area contributed by atoms with E-state index < -0.39 is 0 Å². The number of ether oxygens (including phenoxy) is 1. The van der Waals surface area contributed by atoms with E-state index in [2.05, 4.69) is 10.4 Å². The predicted octanol–water partition coefficient (Wildman–Crippen LogP) is 1.73. The van der Waals surface area contributed by atoms with E-state index in [1.807, 2.05) is 13.8 Å². The van der Waals surface area contributed by atoms with E-state index in [1.54, 1.807) is 11.7 Å². The molecular formula is C12H20N4O3. The molecule has 106 valence electrons. The Labute approximate surface area is 112 Å². The Hall–Kier alpha value is -1.63. The van der Waals surface area contributed by atoms with Gasteiger partial charge in [0.25, 0.3) is 0 Å². The van der Waals surface area contributed by atoms with Gasteiger partial charge in [0.2, 0.25) is 5.82 Å². The van der Waals surface area contributed by atoms with Crippen LogP contribution in [0.25, 0.3) is 0 Å². The van der Waals surface area contributed by atoms with Crippen LogP contribution in [-0.4, -0.2) is 34.0 Å². The fourth-order valence-corrected chi connectivity index (χ4v) is 2.47. The van der Waals surface area contributed by atoms with E-state index in [4.69, 9.17) is 4.74 Å². The molecule has 7 heteroatoms. The van der Waals surface area contributed by atoms with Crippen LogP contribution >= 0.6 is 0 Å². The molecule has 2 heterocycles. The zero-order valence-electron chi connectivity index (χ0n) is 11.5. The third-order valence-corrected chi connectivity index (χ3v) is 3.67. The number of rotatable bonds is 5. The highest BCUT2D eigenvalue weighted by Crippen LogP contribution is 2.29. The van der Waals surface area contributed by atoms with Crippen molar-refractivity contribution in [2.24, 2.45) is 13.0 Å². The normalized spacial score (nSPS) is 22.7. The maximum absolute atomic E-state index is 11.2. The molecule has 1 aliphatic heterocycles. The van der Waals surface area contributed by atoms with Crippen molar-refractivity contribution in [3.8, 4) is 0 Å². The van der Waals surface area contributed by atoms with Crippen molar-refractivity contribution < 1.29 is 9.66 Å². The lowest BCUT2D eigenvalue weighted by atomic mass is 10.0. The highest BCUT2D eigenvalue weighted by molar-refractivity contribution is 5.59. The average Bonchev–Trinajstić information content (AvgIpc) is 2.90. The molecule has 19 heavy (non-hydrogen) atoms. The lowest BCUT2D eigenvalue weighted by Crippen LogP contribution is -2.22. The van der Waals surface area contributed by atoms with Crippen LogP contribution in [0.2, 0.25) is 0 Å². The van der Waals surface area contributed by atoms with E-state index in [9.17, 15) is 10.1 Å². The lowest BCUT2D eigenvalue weighted by molar-refractivity contribution is -0.384. The van der Waals surface area contributed by atoms with Gasteiger partial charge < -0.3 is 10.1 Å². The summed E-state index contributed by atoms with van der Waals surface area (Å²) in [6, 6.07) is 0. The largest absolute Gasteiger partial charge is 0.378 e. The molecule has 0 aliphatic carbocycles. The van der Waals surface area contributed by atoms with Gasteiger partial charge in [0.05, 0.1) is 11.0 Å². The average molecular weight is 268 g/mol. The molecule has 1 aromatic rings. The Bertz CT molecular complexity index is 472. The van der Waals surface area contributed by atoms with Crippen molar-refractivity contribution >= 4 is 11.5 Å². The third kappa shape index (κ3) is 2.70. The molecule has 0 aromatic carbocycles. The second-order valence-corrected chi connectivity index (χ2v) is 4.88. The molecule has 0 radical (unpaired) electrons. The third-order valence-electron chi connectivity index (χ3n) is 3.67. The van der Waals surface area contributed by atoms with Crippen molar-refractivity contribution in [3.05, 3.63) is 15.8 Å². The number of nitrogens with one attached hydrogen (secondary N) is 1. The van der Waals surface area contributed by atoms with Crippen molar-refractivity contribution in [1.82, 2.24) is 9.78 Å². The van der Waals surface area contributed by atoms with Gasteiger partial charge in [-0.05, 0) is 19.8 Å². The first-order valence-electron chi connectivity index (χ1n) is 6.60. The topological polar surface area (TPSA) is 82.2 Å². The molecule has 7 nitrogen and oxygen atoms in total. The smallest absolute Gasteiger partial charge is 0.333 e. The molecule has 1 aromatic heterocycles. The molecule has 1 aliphatic rings. The SMILES string of the molecule is CCc1nn(C)c(NCC2CCOC2C)c1[N+](=O)[O-]. The fraction of sp³-hybridized carbons (Fsp3) is 0.750. The van der Waals surface area contributed by atoms with Gasteiger partial charge >= 0.3 is 5.69 Å². The Morgan fingerprint density at radius 2 is 2.37 bits per heavy atom. The molecule has 2 unspecified atom stereocenters. The van der Waals surface area contributed by atoms with Crippen LogP contribution in [0, 0.1) is 16.0 Å². The van der Waals surface area contributed by atoms with Gasteiger partial charge in [0, 0.05) is 26.1 Å². The molecule has 0 saturated carbocycles. The summed E-state index contributed by atoms with van der Waals surface area (Å²) in [5.74, 6) is 0.875. The van der Waals surface area contributed by atoms with Gasteiger partial charge in [-0.15, -0.1) is 0 Å². The van der Waals surface area contributed by atoms with Crippen LogP contribution < -0.4 is 5.32 Å². The number of hydrogen-bond acceptors (Lipinski definition) is 5. The van der Waals surface area contributed by atoms with Gasteiger partial charge in [-0.2, -0.15) is 5.10 Å². The van der Waals surface area contributed by atoms with Crippen molar-refractivity contribution in [2.75, 3.05) is 18.5 Å². The fourth-order valence-electron chi connectivity index (χ4n) is 2.47. The van der Waals surface area contributed by atoms with E-state index in [0.29, 0.717) is 30.4 Å². The molecule has 1 N–H and O–H groups in total. The van der Waals surface area contributed by atoms with Crippen LogP contribution in [0.4, 0.5) is 11.5 Å². The van der Waals surface area contributed by atoms with Gasteiger partial charge in [-0.1, -0.05) is 6.92 Å². The number of aryl methyl sites for hydroxylation is 2. The number of nitro groups is 1. The molecular weight excluding hydrogens is 248 g/mol. The van der Waals surface area contributed by atoms with Crippen molar-refractivity contribution in [3.63, 3.8) is 0 Å². The van der Waals surface area contributed by atoms with Crippen molar-refractivity contribution in [1.29, 1.82) is 0 Å². The monoisotopic (exact) mass is 268 g/mol.